The monoisotopic (exact) mass is 330 g/mol. The lowest BCUT2D eigenvalue weighted by Gasteiger charge is -2.17. The number of urea groups is 1. The van der Waals surface area contributed by atoms with Crippen molar-refractivity contribution in [3.05, 3.63) is 65.5 Å². The number of carbonyl (C=O) groups is 1. The Balaban J connectivity index is 1.77. The van der Waals surface area contributed by atoms with Crippen LogP contribution in [0.15, 0.2) is 48.5 Å². The zero-order chi connectivity index (χ0) is 17.5. The average Bonchev–Trinajstić information content (AvgIpc) is 2.54. The molecule has 24 heavy (non-hydrogen) atoms. The van der Waals surface area contributed by atoms with Gasteiger partial charge in [-0.3, -0.25) is 0 Å². The molecule has 0 saturated carbocycles. The SMILES string of the molecule is CC(NC(=O)NCc1ccc(F)cc1)Oc1ccc(C(C)C)cc1. The summed E-state index contributed by atoms with van der Waals surface area (Å²) in [5.41, 5.74) is 2.06. The highest BCUT2D eigenvalue weighted by molar-refractivity contribution is 5.74. The lowest BCUT2D eigenvalue weighted by Crippen LogP contribution is -2.43. The first-order chi connectivity index (χ1) is 11.4. The third kappa shape index (κ3) is 5.57. The highest BCUT2D eigenvalue weighted by Crippen LogP contribution is 2.19. The van der Waals surface area contributed by atoms with Crippen molar-refractivity contribution in [1.29, 1.82) is 0 Å². The molecule has 0 bridgehead atoms. The molecule has 2 N–H and O–H groups in total. The average molecular weight is 330 g/mol. The molecule has 0 fully saturated rings. The number of hydrogen-bond donors (Lipinski definition) is 2. The minimum Gasteiger partial charge on any atom is -0.471 e. The molecule has 0 aromatic heterocycles. The van der Waals surface area contributed by atoms with Crippen molar-refractivity contribution in [2.75, 3.05) is 0 Å². The number of amides is 2. The standard InChI is InChI=1S/C19H23FN2O2/c1-13(2)16-6-10-18(11-7-16)24-14(3)22-19(23)21-12-15-4-8-17(20)9-5-15/h4-11,13-14H,12H2,1-3H3,(H2,21,22,23). The molecule has 0 spiro atoms. The van der Waals surface area contributed by atoms with Crippen LogP contribution in [0, 0.1) is 5.82 Å². The fourth-order valence-corrected chi connectivity index (χ4v) is 2.19. The van der Waals surface area contributed by atoms with Gasteiger partial charge in [-0.05, 0) is 48.2 Å². The summed E-state index contributed by atoms with van der Waals surface area (Å²) in [5.74, 6) is 0.867. The van der Waals surface area contributed by atoms with Crippen LogP contribution in [-0.2, 0) is 6.54 Å². The van der Waals surface area contributed by atoms with E-state index in [4.69, 9.17) is 4.74 Å². The molecule has 128 valence electrons. The molecule has 2 amide bonds. The molecular weight excluding hydrogens is 307 g/mol. The zero-order valence-electron chi connectivity index (χ0n) is 14.2. The number of benzene rings is 2. The minimum atomic E-state index is -0.469. The first-order valence-corrected chi connectivity index (χ1v) is 7.99. The summed E-state index contributed by atoms with van der Waals surface area (Å²) in [6.45, 7) is 6.34. The molecule has 2 aromatic rings. The smallest absolute Gasteiger partial charge is 0.317 e. The maximum absolute atomic E-state index is 12.8. The fraction of sp³-hybridized carbons (Fsp3) is 0.316. The lowest BCUT2D eigenvalue weighted by atomic mass is 10.0. The van der Waals surface area contributed by atoms with Gasteiger partial charge in [0.1, 0.15) is 11.6 Å². The Morgan fingerprint density at radius 1 is 1.04 bits per heavy atom. The highest BCUT2D eigenvalue weighted by Gasteiger charge is 2.08. The van der Waals surface area contributed by atoms with Crippen LogP contribution >= 0.6 is 0 Å². The van der Waals surface area contributed by atoms with Crippen molar-refractivity contribution in [3.63, 3.8) is 0 Å². The van der Waals surface area contributed by atoms with E-state index in [1.54, 1.807) is 19.1 Å². The van der Waals surface area contributed by atoms with Gasteiger partial charge in [0, 0.05) is 6.54 Å². The van der Waals surface area contributed by atoms with E-state index in [9.17, 15) is 9.18 Å². The number of hydrogen-bond acceptors (Lipinski definition) is 2. The van der Waals surface area contributed by atoms with E-state index < -0.39 is 6.23 Å². The molecule has 2 aromatic carbocycles. The number of halogens is 1. The second kappa shape index (κ2) is 8.34. The predicted molar refractivity (Wildman–Crippen MR) is 92.4 cm³/mol. The van der Waals surface area contributed by atoms with Crippen LogP contribution < -0.4 is 15.4 Å². The van der Waals surface area contributed by atoms with Gasteiger partial charge < -0.3 is 15.4 Å². The Labute approximate surface area is 142 Å². The molecule has 5 heteroatoms. The Hall–Kier alpha value is -2.56. The van der Waals surface area contributed by atoms with Gasteiger partial charge >= 0.3 is 6.03 Å². The summed E-state index contributed by atoms with van der Waals surface area (Å²) < 4.78 is 18.5. The summed E-state index contributed by atoms with van der Waals surface area (Å²) in [7, 11) is 0. The van der Waals surface area contributed by atoms with Crippen molar-refractivity contribution < 1.29 is 13.9 Å². The molecule has 1 unspecified atom stereocenters. The molecule has 0 heterocycles. The van der Waals surface area contributed by atoms with E-state index in [2.05, 4.69) is 24.5 Å². The van der Waals surface area contributed by atoms with Crippen LogP contribution in [0.1, 0.15) is 37.8 Å². The van der Waals surface area contributed by atoms with Crippen LogP contribution in [0.2, 0.25) is 0 Å². The largest absolute Gasteiger partial charge is 0.471 e. The van der Waals surface area contributed by atoms with E-state index in [0.29, 0.717) is 18.2 Å². The van der Waals surface area contributed by atoms with Gasteiger partial charge in [-0.25, -0.2) is 9.18 Å². The number of nitrogens with one attached hydrogen (secondary N) is 2. The summed E-state index contributed by atoms with van der Waals surface area (Å²) in [6, 6.07) is 13.5. The van der Waals surface area contributed by atoms with Crippen LogP contribution in [0.5, 0.6) is 5.75 Å². The van der Waals surface area contributed by atoms with Gasteiger partial charge in [-0.1, -0.05) is 38.1 Å². The van der Waals surface area contributed by atoms with E-state index in [-0.39, 0.29) is 11.8 Å². The third-order valence-electron chi connectivity index (χ3n) is 3.56. The van der Waals surface area contributed by atoms with Crippen LogP contribution in [0.4, 0.5) is 9.18 Å². The predicted octanol–water partition coefficient (Wildman–Crippen LogP) is 4.17. The van der Waals surface area contributed by atoms with Gasteiger partial charge in [0.05, 0.1) is 0 Å². The molecule has 0 aliphatic carbocycles. The van der Waals surface area contributed by atoms with Crippen molar-refractivity contribution in [3.8, 4) is 5.75 Å². The normalized spacial score (nSPS) is 11.9. The van der Waals surface area contributed by atoms with E-state index in [1.807, 2.05) is 24.3 Å². The minimum absolute atomic E-state index is 0.297. The molecule has 0 aliphatic heterocycles. The number of rotatable bonds is 6. The van der Waals surface area contributed by atoms with Crippen molar-refractivity contribution in [2.24, 2.45) is 0 Å². The van der Waals surface area contributed by atoms with Gasteiger partial charge in [0.2, 0.25) is 0 Å². The van der Waals surface area contributed by atoms with Crippen molar-refractivity contribution >= 4 is 6.03 Å². The topological polar surface area (TPSA) is 50.4 Å². The van der Waals surface area contributed by atoms with E-state index >= 15 is 0 Å². The Bertz CT molecular complexity index is 654. The van der Waals surface area contributed by atoms with Crippen LogP contribution in [0.3, 0.4) is 0 Å². The Kier molecular flexibility index (Phi) is 6.18. The van der Waals surface area contributed by atoms with Crippen LogP contribution in [0.25, 0.3) is 0 Å². The molecule has 0 saturated heterocycles. The zero-order valence-corrected chi connectivity index (χ0v) is 14.2. The molecule has 2 rings (SSSR count). The molecular formula is C19H23FN2O2. The van der Waals surface area contributed by atoms with E-state index in [0.717, 1.165) is 5.56 Å². The highest BCUT2D eigenvalue weighted by atomic mass is 19.1. The summed E-state index contributed by atoms with van der Waals surface area (Å²) >= 11 is 0. The Morgan fingerprint density at radius 3 is 2.25 bits per heavy atom. The quantitative estimate of drug-likeness (QED) is 0.781. The maximum Gasteiger partial charge on any atom is 0.317 e. The second-order valence-corrected chi connectivity index (χ2v) is 5.94. The summed E-state index contributed by atoms with van der Waals surface area (Å²) in [4.78, 5) is 11.9. The molecule has 0 aliphatic rings. The second-order valence-electron chi connectivity index (χ2n) is 5.94. The molecule has 1 atom stereocenters. The number of carbonyl (C=O) groups excluding carboxylic acids is 1. The van der Waals surface area contributed by atoms with Crippen molar-refractivity contribution in [1.82, 2.24) is 10.6 Å². The lowest BCUT2D eigenvalue weighted by molar-refractivity contribution is 0.177. The first kappa shape index (κ1) is 17.8. The summed E-state index contributed by atoms with van der Waals surface area (Å²) in [6.07, 6.45) is -0.469. The molecule has 0 radical (unpaired) electrons. The van der Waals surface area contributed by atoms with Gasteiger partial charge in [0.15, 0.2) is 6.23 Å². The van der Waals surface area contributed by atoms with Crippen molar-refractivity contribution in [2.45, 2.75) is 39.5 Å². The van der Waals surface area contributed by atoms with Gasteiger partial charge in [-0.2, -0.15) is 0 Å². The maximum atomic E-state index is 12.8. The van der Waals surface area contributed by atoms with Gasteiger partial charge in [-0.15, -0.1) is 0 Å². The first-order valence-electron chi connectivity index (χ1n) is 7.99. The fourth-order valence-electron chi connectivity index (χ4n) is 2.19. The number of ether oxygens (including phenoxy) is 1. The van der Waals surface area contributed by atoms with E-state index in [1.165, 1.54) is 17.7 Å². The van der Waals surface area contributed by atoms with Crippen LogP contribution in [-0.4, -0.2) is 12.3 Å². The van der Waals surface area contributed by atoms with Gasteiger partial charge in [0.25, 0.3) is 0 Å². The Morgan fingerprint density at radius 2 is 1.67 bits per heavy atom. The summed E-state index contributed by atoms with van der Waals surface area (Å²) in [5, 5.41) is 5.41. The molecule has 4 nitrogen and oxygen atoms in total. The third-order valence-corrected chi connectivity index (χ3v) is 3.56.